The van der Waals surface area contributed by atoms with Crippen molar-refractivity contribution in [2.75, 3.05) is 39.3 Å². The van der Waals surface area contributed by atoms with Gasteiger partial charge in [-0.2, -0.15) is 0 Å². The first kappa shape index (κ1) is 30.8. The van der Waals surface area contributed by atoms with E-state index < -0.39 is 10.4 Å². The summed E-state index contributed by atoms with van der Waals surface area (Å²) in [6, 6.07) is 1.96. The predicted molar refractivity (Wildman–Crippen MR) is 128 cm³/mol. The molecule has 2 aliphatic rings. The van der Waals surface area contributed by atoms with E-state index in [1.54, 1.807) is 0 Å². The average Bonchev–Trinajstić information content (AvgIpc) is 2.78. The zero-order valence-corrected chi connectivity index (χ0v) is 22.2. The van der Waals surface area contributed by atoms with Crippen molar-refractivity contribution in [3.05, 3.63) is 0 Å². The second-order valence-electron chi connectivity index (χ2n) is 9.33. The monoisotopic (exact) mass is 464 g/mol. The quantitative estimate of drug-likeness (QED) is 0.286. The Morgan fingerprint density at radius 3 is 0.903 bits per heavy atom. The van der Waals surface area contributed by atoms with Crippen LogP contribution >= 0.6 is 0 Å². The first-order valence-electron chi connectivity index (χ1n) is 13.0. The second kappa shape index (κ2) is 15.6. The fourth-order valence-corrected chi connectivity index (χ4v) is 6.15. The van der Waals surface area contributed by atoms with Gasteiger partial charge in [-0.3, -0.25) is 8.42 Å². The van der Waals surface area contributed by atoms with E-state index in [0.717, 1.165) is 12.1 Å². The summed E-state index contributed by atoms with van der Waals surface area (Å²) in [6.07, 6.45) is 14.8. The number of rotatable bonds is 8. The molecule has 0 atom stereocenters. The highest BCUT2D eigenvalue weighted by Gasteiger charge is 2.33. The maximum Gasteiger partial charge on any atom is 0.0890 e. The van der Waals surface area contributed by atoms with E-state index in [9.17, 15) is 0 Å². The number of nitrogens with zero attached hydrogens (tertiary/aromatic N) is 2. The topological polar surface area (TPSA) is 80.3 Å². The Kier molecular flexibility index (Phi) is 15.5. The lowest BCUT2D eigenvalue weighted by molar-refractivity contribution is -0.947. The molecule has 0 heterocycles. The average molecular weight is 465 g/mol. The van der Waals surface area contributed by atoms with Gasteiger partial charge in [0.25, 0.3) is 0 Å². The van der Waals surface area contributed by atoms with Gasteiger partial charge in [0.1, 0.15) is 0 Å². The van der Waals surface area contributed by atoms with Crippen molar-refractivity contribution in [2.45, 2.75) is 118 Å². The first-order chi connectivity index (χ1) is 14.6. The van der Waals surface area contributed by atoms with Gasteiger partial charge in [-0.05, 0) is 92.9 Å². The van der Waals surface area contributed by atoms with Crippen molar-refractivity contribution in [3.8, 4) is 0 Å². The summed E-state index contributed by atoms with van der Waals surface area (Å²) >= 11 is 0. The summed E-state index contributed by atoms with van der Waals surface area (Å²) in [7, 11) is -5.17. The third kappa shape index (κ3) is 11.0. The fourth-order valence-electron chi connectivity index (χ4n) is 6.15. The van der Waals surface area contributed by atoms with Gasteiger partial charge in [0.15, 0.2) is 0 Å². The van der Waals surface area contributed by atoms with Gasteiger partial charge in [-0.15, -0.1) is 0 Å². The lowest BCUT2D eigenvalue weighted by Gasteiger charge is -2.44. The standard InChI is InChI=1S/2C12H26N.H2O4S/c2*1-4-13(5-2,6-3)12-10-8-7-9-11-12;1-5(2,3)4/h2*12H,4-11H2,1-3H3;(H2,1,2,3,4)/q2*+1;/p-2. The normalized spacial score (nSPS) is 19.1. The van der Waals surface area contributed by atoms with Gasteiger partial charge in [0, 0.05) is 10.4 Å². The number of hydrogen-bond acceptors (Lipinski definition) is 4. The van der Waals surface area contributed by atoms with Crippen LogP contribution in [0.3, 0.4) is 0 Å². The Labute approximate surface area is 194 Å². The molecule has 0 spiro atoms. The van der Waals surface area contributed by atoms with Gasteiger partial charge < -0.3 is 18.1 Å². The van der Waals surface area contributed by atoms with Gasteiger partial charge in [0.05, 0.1) is 51.4 Å². The van der Waals surface area contributed by atoms with Crippen LogP contribution in [-0.2, 0) is 10.4 Å². The Morgan fingerprint density at radius 1 is 0.548 bits per heavy atom. The molecule has 0 bridgehead atoms. The van der Waals surface area contributed by atoms with E-state index in [0.29, 0.717) is 0 Å². The molecular formula is C24H52N2O4S. The summed E-state index contributed by atoms with van der Waals surface area (Å²) in [5.74, 6) is 0. The second-order valence-corrected chi connectivity index (χ2v) is 10.1. The van der Waals surface area contributed by atoms with E-state index in [4.69, 9.17) is 17.5 Å². The minimum Gasteiger partial charge on any atom is -0.759 e. The molecule has 2 rings (SSSR count). The third-order valence-electron chi connectivity index (χ3n) is 8.48. The Bertz CT molecular complexity index is 475. The van der Waals surface area contributed by atoms with Crippen molar-refractivity contribution < 1.29 is 26.5 Å². The largest absolute Gasteiger partial charge is 0.759 e. The highest BCUT2D eigenvalue weighted by molar-refractivity contribution is 7.79. The highest BCUT2D eigenvalue weighted by Crippen LogP contribution is 2.29. The SMILES string of the molecule is CC[N+](CC)(CC)C1CCCCC1.CC[N+](CC)(CC)C1CCCCC1.O=S(=O)([O-])[O-]. The Morgan fingerprint density at radius 2 is 0.742 bits per heavy atom. The van der Waals surface area contributed by atoms with Crippen molar-refractivity contribution in [1.82, 2.24) is 0 Å². The van der Waals surface area contributed by atoms with Crippen LogP contribution in [0.1, 0.15) is 106 Å². The molecule has 0 aromatic heterocycles. The molecular weight excluding hydrogens is 412 g/mol. The molecule has 0 unspecified atom stereocenters. The molecule has 2 aliphatic carbocycles. The Balaban J connectivity index is 0.000000479. The molecule has 6 nitrogen and oxygen atoms in total. The lowest BCUT2D eigenvalue weighted by atomic mass is 9.92. The zero-order chi connectivity index (χ0) is 24.0. The number of quaternary nitrogens is 2. The van der Waals surface area contributed by atoms with E-state index in [2.05, 4.69) is 41.5 Å². The summed E-state index contributed by atoms with van der Waals surface area (Å²) < 4.78 is 36.8. The van der Waals surface area contributed by atoms with Crippen LogP contribution in [-0.4, -0.2) is 77.8 Å². The fraction of sp³-hybridized carbons (Fsp3) is 1.00. The van der Waals surface area contributed by atoms with Gasteiger partial charge >= 0.3 is 0 Å². The van der Waals surface area contributed by atoms with Crippen LogP contribution < -0.4 is 0 Å². The molecule has 0 aromatic rings. The molecule has 0 aliphatic heterocycles. The smallest absolute Gasteiger partial charge is 0.0890 e. The van der Waals surface area contributed by atoms with Crippen LogP contribution in [0.2, 0.25) is 0 Å². The van der Waals surface area contributed by atoms with Crippen molar-refractivity contribution in [2.24, 2.45) is 0 Å². The zero-order valence-electron chi connectivity index (χ0n) is 21.4. The summed E-state index contributed by atoms with van der Waals surface area (Å²) in [5.41, 5.74) is 0. The van der Waals surface area contributed by atoms with Crippen molar-refractivity contribution in [1.29, 1.82) is 0 Å². The molecule has 31 heavy (non-hydrogen) atoms. The van der Waals surface area contributed by atoms with Crippen LogP contribution in [0.5, 0.6) is 0 Å². The third-order valence-corrected chi connectivity index (χ3v) is 8.48. The van der Waals surface area contributed by atoms with Crippen molar-refractivity contribution >= 4 is 10.4 Å². The maximum atomic E-state index is 8.52. The molecule has 0 radical (unpaired) electrons. The van der Waals surface area contributed by atoms with Crippen LogP contribution in [0.25, 0.3) is 0 Å². The summed E-state index contributed by atoms with van der Waals surface area (Å²) in [5, 5.41) is 0. The molecule has 7 heteroatoms. The van der Waals surface area contributed by atoms with E-state index in [1.165, 1.54) is 112 Å². The predicted octanol–water partition coefficient (Wildman–Crippen LogP) is 5.05. The molecule has 0 aromatic carbocycles. The van der Waals surface area contributed by atoms with E-state index >= 15 is 0 Å². The molecule has 188 valence electrons. The molecule has 0 amide bonds. The molecule has 0 saturated heterocycles. The summed E-state index contributed by atoms with van der Waals surface area (Å²) in [6.45, 7) is 22.2. The Hall–Kier alpha value is -0.210. The molecule has 0 N–H and O–H groups in total. The minimum atomic E-state index is -5.17. The van der Waals surface area contributed by atoms with Gasteiger partial charge in [-0.1, -0.05) is 12.8 Å². The van der Waals surface area contributed by atoms with Crippen molar-refractivity contribution in [3.63, 3.8) is 0 Å². The van der Waals surface area contributed by atoms with Gasteiger partial charge in [-0.25, -0.2) is 0 Å². The number of hydrogen-bond donors (Lipinski definition) is 0. The van der Waals surface area contributed by atoms with Gasteiger partial charge in [0.2, 0.25) is 0 Å². The summed E-state index contributed by atoms with van der Waals surface area (Å²) in [4.78, 5) is 0. The minimum absolute atomic E-state index is 0.980. The maximum absolute atomic E-state index is 8.52. The van der Waals surface area contributed by atoms with E-state index in [-0.39, 0.29) is 0 Å². The van der Waals surface area contributed by atoms with Crippen LogP contribution in [0, 0.1) is 0 Å². The first-order valence-corrected chi connectivity index (χ1v) is 14.3. The van der Waals surface area contributed by atoms with E-state index in [1.807, 2.05) is 0 Å². The van der Waals surface area contributed by atoms with Crippen LogP contribution in [0.15, 0.2) is 0 Å². The molecule has 2 saturated carbocycles. The highest BCUT2D eigenvalue weighted by atomic mass is 32.3. The molecule has 2 fully saturated rings. The van der Waals surface area contributed by atoms with Crippen LogP contribution in [0.4, 0.5) is 0 Å². The lowest BCUT2D eigenvalue weighted by Crippen LogP contribution is -2.55.